The highest BCUT2D eigenvalue weighted by Crippen LogP contribution is 2.13. The molecule has 0 saturated carbocycles. The molecule has 1 aromatic carbocycles. The van der Waals surface area contributed by atoms with E-state index in [0.717, 1.165) is 18.2 Å². The Morgan fingerprint density at radius 1 is 1.29 bits per heavy atom. The largest absolute Gasteiger partial charge is 0.383 e. The molecule has 5 nitrogen and oxygen atoms in total. The van der Waals surface area contributed by atoms with Crippen molar-refractivity contribution >= 4 is 0 Å². The third-order valence-electron chi connectivity index (χ3n) is 3.49. The zero-order valence-corrected chi connectivity index (χ0v) is 13.3. The summed E-state index contributed by atoms with van der Waals surface area (Å²) < 4.78 is 5.30. The summed E-state index contributed by atoms with van der Waals surface area (Å²) in [5.74, 6) is 1.67. The molecule has 0 fully saturated rings. The first-order valence-corrected chi connectivity index (χ1v) is 7.25. The number of nitrogens with one attached hydrogen (secondary N) is 1. The van der Waals surface area contributed by atoms with Crippen LogP contribution in [0.5, 0.6) is 0 Å². The van der Waals surface area contributed by atoms with E-state index in [9.17, 15) is 0 Å². The summed E-state index contributed by atoms with van der Waals surface area (Å²) >= 11 is 0. The van der Waals surface area contributed by atoms with Crippen LogP contribution in [0.4, 0.5) is 0 Å². The minimum absolute atomic E-state index is 0.300. The SMILES string of the molecule is COC[C@@H](C)N(Cc1cccc(C)c1)Cc1n[nH]c(C)n1. The van der Waals surface area contributed by atoms with Crippen LogP contribution in [0.15, 0.2) is 24.3 Å². The van der Waals surface area contributed by atoms with Crippen molar-refractivity contribution in [3.05, 3.63) is 47.0 Å². The Morgan fingerprint density at radius 2 is 2.10 bits per heavy atom. The van der Waals surface area contributed by atoms with Gasteiger partial charge in [-0.2, -0.15) is 5.10 Å². The van der Waals surface area contributed by atoms with Crippen molar-refractivity contribution in [3.8, 4) is 0 Å². The number of methoxy groups -OCH3 is 1. The molecule has 0 saturated heterocycles. The maximum Gasteiger partial charge on any atom is 0.164 e. The van der Waals surface area contributed by atoms with Crippen molar-refractivity contribution in [3.63, 3.8) is 0 Å². The van der Waals surface area contributed by atoms with Crippen molar-refractivity contribution < 1.29 is 4.74 Å². The van der Waals surface area contributed by atoms with Crippen LogP contribution in [-0.2, 0) is 17.8 Å². The lowest BCUT2D eigenvalue weighted by atomic mass is 10.1. The first-order chi connectivity index (χ1) is 10.1. The number of H-pyrrole nitrogens is 1. The number of hydrogen-bond donors (Lipinski definition) is 1. The Hall–Kier alpha value is -1.72. The molecular weight excluding hydrogens is 264 g/mol. The third-order valence-corrected chi connectivity index (χ3v) is 3.49. The summed E-state index contributed by atoms with van der Waals surface area (Å²) in [5, 5.41) is 7.14. The minimum Gasteiger partial charge on any atom is -0.383 e. The van der Waals surface area contributed by atoms with Gasteiger partial charge >= 0.3 is 0 Å². The van der Waals surface area contributed by atoms with Crippen molar-refractivity contribution in [1.82, 2.24) is 20.1 Å². The molecule has 0 unspecified atom stereocenters. The van der Waals surface area contributed by atoms with Gasteiger partial charge in [0.05, 0.1) is 13.2 Å². The molecule has 1 atom stereocenters. The van der Waals surface area contributed by atoms with Crippen molar-refractivity contribution in [1.29, 1.82) is 0 Å². The first kappa shape index (κ1) is 15.7. The average molecular weight is 288 g/mol. The van der Waals surface area contributed by atoms with Gasteiger partial charge < -0.3 is 4.74 Å². The van der Waals surface area contributed by atoms with E-state index in [2.05, 4.69) is 58.2 Å². The number of ether oxygens (including phenoxy) is 1. The van der Waals surface area contributed by atoms with Gasteiger partial charge in [-0.25, -0.2) is 4.98 Å². The molecule has 114 valence electrons. The lowest BCUT2D eigenvalue weighted by Crippen LogP contribution is -2.35. The van der Waals surface area contributed by atoms with Crippen LogP contribution in [0.2, 0.25) is 0 Å². The third kappa shape index (κ3) is 4.65. The monoisotopic (exact) mass is 288 g/mol. The van der Waals surface area contributed by atoms with E-state index in [-0.39, 0.29) is 0 Å². The Kier molecular flexibility index (Phi) is 5.47. The summed E-state index contributed by atoms with van der Waals surface area (Å²) in [5.41, 5.74) is 2.57. The lowest BCUT2D eigenvalue weighted by Gasteiger charge is -2.27. The predicted molar refractivity (Wildman–Crippen MR) is 82.9 cm³/mol. The highest BCUT2D eigenvalue weighted by atomic mass is 16.5. The summed E-state index contributed by atoms with van der Waals surface area (Å²) in [4.78, 5) is 6.74. The van der Waals surface area contributed by atoms with Crippen LogP contribution in [-0.4, -0.2) is 39.8 Å². The zero-order valence-electron chi connectivity index (χ0n) is 13.3. The van der Waals surface area contributed by atoms with Crippen LogP contribution in [0.3, 0.4) is 0 Å². The van der Waals surface area contributed by atoms with Gasteiger partial charge in [-0.15, -0.1) is 0 Å². The Labute approximate surface area is 126 Å². The van der Waals surface area contributed by atoms with Crippen LogP contribution in [0, 0.1) is 13.8 Å². The summed E-state index contributed by atoms with van der Waals surface area (Å²) in [7, 11) is 1.73. The summed E-state index contributed by atoms with van der Waals surface area (Å²) in [6.45, 7) is 8.46. The molecule has 1 heterocycles. The van der Waals surface area contributed by atoms with Gasteiger partial charge in [0.1, 0.15) is 5.82 Å². The zero-order chi connectivity index (χ0) is 15.2. The van der Waals surface area contributed by atoms with Gasteiger partial charge in [0.15, 0.2) is 5.82 Å². The topological polar surface area (TPSA) is 54.0 Å². The molecule has 2 rings (SSSR count). The maximum atomic E-state index is 5.30. The molecule has 0 spiro atoms. The highest BCUT2D eigenvalue weighted by molar-refractivity contribution is 5.22. The summed E-state index contributed by atoms with van der Waals surface area (Å²) in [6, 6.07) is 8.89. The lowest BCUT2D eigenvalue weighted by molar-refractivity contribution is 0.0878. The fourth-order valence-electron chi connectivity index (χ4n) is 2.40. The molecule has 0 amide bonds. The Bertz CT molecular complexity index is 567. The standard InChI is InChI=1S/C16H24N4O/c1-12-6-5-7-15(8-12)9-20(13(2)11-21-4)10-16-17-14(3)18-19-16/h5-8,13H,9-11H2,1-4H3,(H,17,18,19)/t13-/m1/s1. The second kappa shape index (κ2) is 7.33. The van der Waals surface area contributed by atoms with Crippen LogP contribution in [0.1, 0.15) is 29.7 Å². The summed E-state index contributed by atoms with van der Waals surface area (Å²) in [6.07, 6.45) is 0. The molecule has 1 N–H and O–H groups in total. The second-order valence-corrected chi connectivity index (χ2v) is 5.54. The van der Waals surface area contributed by atoms with Crippen molar-refractivity contribution in [2.75, 3.05) is 13.7 Å². The van der Waals surface area contributed by atoms with Crippen LogP contribution >= 0.6 is 0 Å². The Balaban J connectivity index is 2.11. The van der Waals surface area contributed by atoms with E-state index in [1.165, 1.54) is 11.1 Å². The molecule has 0 aliphatic heterocycles. The predicted octanol–water partition coefficient (Wildman–Crippen LogP) is 2.46. The smallest absolute Gasteiger partial charge is 0.164 e. The van der Waals surface area contributed by atoms with Gasteiger partial charge in [-0.05, 0) is 26.3 Å². The van der Waals surface area contributed by atoms with Gasteiger partial charge in [0, 0.05) is 19.7 Å². The van der Waals surface area contributed by atoms with E-state index < -0.39 is 0 Å². The number of aromatic nitrogens is 3. The highest BCUT2D eigenvalue weighted by Gasteiger charge is 2.17. The van der Waals surface area contributed by atoms with Crippen molar-refractivity contribution in [2.24, 2.45) is 0 Å². The van der Waals surface area contributed by atoms with Crippen LogP contribution in [0.25, 0.3) is 0 Å². The van der Waals surface area contributed by atoms with E-state index >= 15 is 0 Å². The van der Waals surface area contributed by atoms with E-state index in [1.54, 1.807) is 7.11 Å². The Morgan fingerprint density at radius 3 is 2.71 bits per heavy atom. The van der Waals surface area contributed by atoms with Crippen LogP contribution < -0.4 is 0 Å². The molecule has 0 aliphatic carbocycles. The second-order valence-electron chi connectivity index (χ2n) is 5.54. The number of aryl methyl sites for hydroxylation is 2. The molecule has 0 aliphatic rings. The molecule has 0 radical (unpaired) electrons. The maximum absolute atomic E-state index is 5.30. The minimum atomic E-state index is 0.300. The molecule has 21 heavy (non-hydrogen) atoms. The number of nitrogens with zero attached hydrogens (tertiary/aromatic N) is 3. The van der Waals surface area contributed by atoms with Gasteiger partial charge in [0.2, 0.25) is 0 Å². The van der Waals surface area contributed by atoms with Gasteiger partial charge in [-0.1, -0.05) is 29.8 Å². The number of benzene rings is 1. The molecule has 0 bridgehead atoms. The van der Waals surface area contributed by atoms with E-state index in [4.69, 9.17) is 4.74 Å². The van der Waals surface area contributed by atoms with E-state index in [1.807, 2.05) is 6.92 Å². The molecule has 2 aromatic rings. The van der Waals surface area contributed by atoms with Gasteiger partial charge in [-0.3, -0.25) is 10.00 Å². The number of aromatic amines is 1. The fourth-order valence-corrected chi connectivity index (χ4v) is 2.40. The fraction of sp³-hybridized carbons (Fsp3) is 0.500. The van der Waals surface area contributed by atoms with Crippen molar-refractivity contribution in [2.45, 2.75) is 39.9 Å². The normalized spacial score (nSPS) is 12.8. The quantitative estimate of drug-likeness (QED) is 0.850. The number of hydrogen-bond acceptors (Lipinski definition) is 4. The molecular formula is C16H24N4O. The molecule has 1 aromatic heterocycles. The first-order valence-electron chi connectivity index (χ1n) is 7.25. The van der Waals surface area contributed by atoms with Gasteiger partial charge in [0.25, 0.3) is 0 Å². The van der Waals surface area contributed by atoms with E-state index in [0.29, 0.717) is 19.2 Å². The number of rotatable bonds is 7. The molecule has 5 heteroatoms. The average Bonchev–Trinajstić information content (AvgIpc) is 2.84.